The zero-order chi connectivity index (χ0) is 16.0. The molecule has 1 heterocycles. The molecule has 0 aromatic rings. The van der Waals surface area contributed by atoms with E-state index < -0.39 is 11.9 Å². The Bertz CT molecular complexity index is 400. The smallest absolute Gasteiger partial charge is 0.308 e. The molecule has 7 heteroatoms. The Balaban J connectivity index is 2.39. The first-order valence-corrected chi connectivity index (χ1v) is 7.31. The topological polar surface area (TPSA) is 90.0 Å². The van der Waals surface area contributed by atoms with E-state index in [0.29, 0.717) is 19.6 Å². The van der Waals surface area contributed by atoms with Crippen molar-refractivity contribution in [2.24, 2.45) is 11.8 Å². The maximum atomic E-state index is 12.0. The number of hydrogen-bond donors (Lipinski definition) is 2. The van der Waals surface area contributed by atoms with E-state index >= 15 is 0 Å². The van der Waals surface area contributed by atoms with Gasteiger partial charge in [0.25, 0.3) is 0 Å². The Hall–Kier alpha value is -1.63. The molecule has 0 radical (unpaired) electrons. The van der Waals surface area contributed by atoms with Crippen LogP contribution in [-0.4, -0.2) is 72.5 Å². The van der Waals surface area contributed by atoms with E-state index in [-0.39, 0.29) is 30.8 Å². The van der Waals surface area contributed by atoms with Gasteiger partial charge in [-0.25, -0.2) is 0 Å². The molecule has 21 heavy (non-hydrogen) atoms. The molecule has 1 fully saturated rings. The highest BCUT2D eigenvalue weighted by molar-refractivity contribution is 5.85. The summed E-state index contributed by atoms with van der Waals surface area (Å²) >= 11 is 0. The van der Waals surface area contributed by atoms with E-state index in [9.17, 15) is 14.4 Å². The van der Waals surface area contributed by atoms with E-state index in [0.717, 1.165) is 6.42 Å². The van der Waals surface area contributed by atoms with Crippen LogP contribution in [0.3, 0.4) is 0 Å². The number of nitrogens with one attached hydrogen (secondary N) is 1. The van der Waals surface area contributed by atoms with Gasteiger partial charge in [-0.1, -0.05) is 13.8 Å². The summed E-state index contributed by atoms with van der Waals surface area (Å²) < 4.78 is 0. The molecular formula is C14H25N3O4. The molecule has 0 spiro atoms. The van der Waals surface area contributed by atoms with E-state index in [4.69, 9.17) is 5.11 Å². The number of hydrogen-bond acceptors (Lipinski definition) is 4. The predicted octanol–water partition coefficient (Wildman–Crippen LogP) is -0.376. The molecule has 1 aliphatic rings. The van der Waals surface area contributed by atoms with Gasteiger partial charge in [0, 0.05) is 26.7 Å². The minimum atomic E-state index is -0.815. The molecule has 1 aliphatic heterocycles. The molecule has 1 saturated heterocycles. The minimum Gasteiger partial charge on any atom is -0.481 e. The van der Waals surface area contributed by atoms with E-state index in [1.54, 1.807) is 7.05 Å². The number of likely N-dealkylation sites (N-methyl/N-ethyl adjacent to an activating group) is 1. The second-order valence-corrected chi connectivity index (χ2v) is 5.72. The highest BCUT2D eigenvalue weighted by Crippen LogP contribution is 2.22. The van der Waals surface area contributed by atoms with Crippen LogP contribution in [0.2, 0.25) is 0 Å². The molecule has 0 unspecified atom stereocenters. The first-order valence-electron chi connectivity index (χ1n) is 7.31. The number of likely N-dealkylation sites (tertiary alicyclic amines) is 1. The normalized spacial score (nSPS) is 22.0. The SMILES string of the molecule is CCCNC(=O)CN(C)C(=O)CN1C[C@@H](C)[C@H](C(=O)O)C1. The fraction of sp³-hybridized carbons (Fsp3) is 0.786. The van der Waals surface area contributed by atoms with Crippen LogP contribution >= 0.6 is 0 Å². The average Bonchev–Trinajstić information content (AvgIpc) is 2.77. The van der Waals surface area contributed by atoms with Crippen LogP contribution in [-0.2, 0) is 14.4 Å². The van der Waals surface area contributed by atoms with Crippen LogP contribution < -0.4 is 5.32 Å². The van der Waals surface area contributed by atoms with Gasteiger partial charge in [0.2, 0.25) is 11.8 Å². The van der Waals surface area contributed by atoms with Crippen molar-refractivity contribution in [1.82, 2.24) is 15.1 Å². The molecule has 0 aromatic heterocycles. The van der Waals surface area contributed by atoms with Gasteiger partial charge in [0.15, 0.2) is 0 Å². The molecule has 2 amide bonds. The predicted molar refractivity (Wildman–Crippen MR) is 77.7 cm³/mol. The Morgan fingerprint density at radius 2 is 2.00 bits per heavy atom. The lowest BCUT2D eigenvalue weighted by Crippen LogP contribution is -2.43. The summed E-state index contributed by atoms with van der Waals surface area (Å²) in [6.07, 6.45) is 0.853. The molecule has 2 atom stereocenters. The van der Waals surface area contributed by atoms with Crippen LogP contribution in [0.5, 0.6) is 0 Å². The molecular weight excluding hydrogens is 274 g/mol. The van der Waals surface area contributed by atoms with Crippen LogP contribution in [0.1, 0.15) is 20.3 Å². The van der Waals surface area contributed by atoms with Crippen molar-refractivity contribution in [2.75, 3.05) is 39.8 Å². The summed E-state index contributed by atoms with van der Waals surface area (Å²) in [5.41, 5.74) is 0. The number of rotatable bonds is 7. The summed E-state index contributed by atoms with van der Waals surface area (Å²) in [7, 11) is 1.59. The highest BCUT2D eigenvalue weighted by Gasteiger charge is 2.35. The number of carbonyl (C=O) groups excluding carboxylic acids is 2. The molecule has 0 aromatic carbocycles. The Morgan fingerprint density at radius 1 is 1.33 bits per heavy atom. The second-order valence-electron chi connectivity index (χ2n) is 5.72. The van der Waals surface area contributed by atoms with Crippen LogP contribution in [0.25, 0.3) is 0 Å². The van der Waals surface area contributed by atoms with Crippen molar-refractivity contribution < 1.29 is 19.5 Å². The number of carboxylic acid groups (broad SMARTS) is 1. The monoisotopic (exact) mass is 299 g/mol. The number of amides is 2. The number of nitrogens with zero attached hydrogens (tertiary/aromatic N) is 2. The van der Waals surface area contributed by atoms with Gasteiger partial charge in [-0.2, -0.15) is 0 Å². The average molecular weight is 299 g/mol. The van der Waals surface area contributed by atoms with Crippen molar-refractivity contribution >= 4 is 17.8 Å². The number of carboxylic acids is 1. The Kier molecular flexibility index (Phi) is 6.61. The fourth-order valence-electron chi connectivity index (χ4n) is 2.45. The standard InChI is InChI=1S/C14H25N3O4/c1-4-5-15-12(18)8-16(3)13(19)9-17-6-10(2)11(7-17)14(20)21/h10-11H,4-9H2,1-3H3,(H,15,18)(H,20,21)/t10-,11-/m1/s1. The third-order valence-corrected chi connectivity index (χ3v) is 3.74. The summed E-state index contributed by atoms with van der Waals surface area (Å²) in [5, 5.41) is 11.8. The minimum absolute atomic E-state index is 0.0323. The van der Waals surface area contributed by atoms with Crippen LogP contribution in [0.15, 0.2) is 0 Å². The number of carbonyl (C=O) groups is 3. The summed E-state index contributed by atoms with van der Waals surface area (Å²) in [6.45, 7) is 5.62. The van der Waals surface area contributed by atoms with Crippen molar-refractivity contribution in [3.05, 3.63) is 0 Å². The van der Waals surface area contributed by atoms with Gasteiger partial charge in [-0.3, -0.25) is 19.3 Å². The van der Waals surface area contributed by atoms with Gasteiger partial charge < -0.3 is 15.3 Å². The maximum Gasteiger partial charge on any atom is 0.308 e. The highest BCUT2D eigenvalue weighted by atomic mass is 16.4. The van der Waals surface area contributed by atoms with Gasteiger partial charge in [-0.15, -0.1) is 0 Å². The summed E-state index contributed by atoms with van der Waals surface area (Å²) in [6, 6.07) is 0. The zero-order valence-electron chi connectivity index (χ0n) is 13.0. The Morgan fingerprint density at radius 3 is 2.52 bits per heavy atom. The summed E-state index contributed by atoms with van der Waals surface area (Å²) in [5.74, 6) is -1.54. The molecule has 7 nitrogen and oxygen atoms in total. The van der Waals surface area contributed by atoms with Crippen LogP contribution in [0.4, 0.5) is 0 Å². The molecule has 0 aliphatic carbocycles. The van der Waals surface area contributed by atoms with Gasteiger partial charge in [0.1, 0.15) is 0 Å². The first kappa shape index (κ1) is 17.4. The second kappa shape index (κ2) is 7.97. The molecule has 1 rings (SSSR count). The van der Waals surface area contributed by atoms with Crippen LogP contribution in [0, 0.1) is 11.8 Å². The molecule has 0 bridgehead atoms. The largest absolute Gasteiger partial charge is 0.481 e. The third kappa shape index (κ3) is 5.34. The maximum absolute atomic E-state index is 12.0. The van der Waals surface area contributed by atoms with Crippen molar-refractivity contribution in [3.63, 3.8) is 0 Å². The van der Waals surface area contributed by atoms with Crippen molar-refractivity contribution in [3.8, 4) is 0 Å². The van der Waals surface area contributed by atoms with Gasteiger partial charge in [-0.05, 0) is 12.3 Å². The zero-order valence-corrected chi connectivity index (χ0v) is 13.0. The lowest BCUT2D eigenvalue weighted by Gasteiger charge is -2.21. The van der Waals surface area contributed by atoms with Crippen molar-refractivity contribution in [1.29, 1.82) is 0 Å². The third-order valence-electron chi connectivity index (χ3n) is 3.74. The van der Waals surface area contributed by atoms with E-state index in [1.807, 2.05) is 18.7 Å². The number of aliphatic carboxylic acids is 1. The lowest BCUT2D eigenvalue weighted by atomic mass is 9.99. The Labute approximate surface area is 125 Å². The van der Waals surface area contributed by atoms with Gasteiger partial charge >= 0.3 is 5.97 Å². The summed E-state index contributed by atoms with van der Waals surface area (Å²) in [4.78, 5) is 37.9. The fourth-order valence-corrected chi connectivity index (χ4v) is 2.45. The molecule has 120 valence electrons. The van der Waals surface area contributed by atoms with Crippen molar-refractivity contribution in [2.45, 2.75) is 20.3 Å². The van der Waals surface area contributed by atoms with Gasteiger partial charge in [0.05, 0.1) is 19.0 Å². The molecule has 2 N–H and O–H groups in total. The lowest BCUT2D eigenvalue weighted by molar-refractivity contribution is -0.142. The molecule has 0 saturated carbocycles. The van der Waals surface area contributed by atoms with E-state index in [2.05, 4.69) is 5.32 Å². The quantitative estimate of drug-likeness (QED) is 0.669. The van der Waals surface area contributed by atoms with E-state index in [1.165, 1.54) is 4.90 Å². The first-order chi connectivity index (χ1) is 9.85.